The molecule has 0 amide bonds. The molecule has 0 aromatic rings. The average Bonchev–Trinajstić information content (AvgIpc) is 1.83. The summed E-state index contributed by atoms with van der Waals surface area (Å²) in [6.45, 7) is 3.64. The highest BCUT2D eigenvalue weighted by Crippen LogP contribution is 2.58. The largest absolute Gasteiger partial charge is 0.476 e. The molecule has 0 aromatic carbocycles. The third kappa shape index (κ3) is 5.55. The van der Waals surface area contributed by atoms with Crippen LogP contribution in [-0.4, -0.2) is 23.9 Å². The Morgan fingerprint density at radius 1 is 1.23 bits per heavy atom. The fourth-order valence-electron chi connectivity index (χ4n) is 0.764. The quantitative estimate of drug-likeness (QED) is 0.426. The Kier molecular flexibility index (Phi) is 5.75. The first-order valence-electron chi connectivity index (χ1n) is 3.58. The molecule has 0 rings (SSSR count). The summed E-state index contributed by atoms with van der Waals surface area (Å²) in [5.74, 6) is 0. The summed E-state index contributed by atoms with van der Waals surface area (Å²) >= 11 is 15.9. The minimum atomic E-state index is -4.55. The highest BCUT2D eigenvalue weighted by Gasteiger charge is 2.34. The van der Waals surface area contributed by atoms with E-state index in [0.717, 1.165) is 4.67 Å². The second-order valence-corrected chi connectivity index (χ2v) is 12.0. The molecule has 2 nitrogen and oxygen atoms in total. The van der Waals surface area contributed by atoms with Crippen molar-refractivity contribution in [3.63, 3.8) is 0 Å². The van der Waals surface area contributed by atoms with Crippen LogP contribution in [0.1, 0.15) is 13.8 Å². The Labute approximate surface area is 91.7 Å². The van der Waals surface area contributed by atoms with Crippen LogP contribution in [0.25, 0.3) is 0 Å². The van der Waals surface area contributed by atoms with Crippen LogP contribution in [0.4, 0.5) is 8.39 Å². The van der Waals surface area contributed by atoms with Crippen LogP contribution in [0.3, 0.4) is 0 Å². The van der Waals surface area contributed by atoms with Gasteiger partial charge in [-0.15, -0.1) is 33.2 Å². The molecule has 0 aliphatic rings. The first kappa shape index (κ1) is 14.1. The van der Waals surface area contributed by atoms with Crippen LogP contribution in [0.5, 0.6) is 0 Å². The van der Waals surface area contributed by atoms with Crippen molar-refractivity contribution < 1.29 is 8.39 Å². The lowest BCUT2D eigenvalue weighted by Gasteiger charge is -2.21. The van der Waals surface area contributed by atoms with Gasteiger partial charge in [-0.2, -0.15) is 8.39 Å². The fraction of sp³-hybridized carbons (Fsp3) is 1.00. The number of halogens is 5. The van der Waals surface area contributed by atoms with E-state index in [1.165, 1.54) is 0 Å². The number of hydrogen-bond donors (Lipinski definition) is 0. The summed E-state index contributed by atoms with van der Waals surface area (Å²) in [5.41, 5.74) is 0. The van der Waals surface area contributed by atoms with Crippen LogP contribution in [0, 0.1) is 0 Å². The van der Waals surface area contributed by atoms with Gasteiger partial charge in [0, 0.05) is 13.1 Å². The molecule has 0 N–H and O–H groups in total. The maximum atomic E-state index is 13.2. The summed E-state index contributed by atoms with van der Waals surface area (Å²) < 4.78 is 30.4. The second kappa shape index (κ2) is 5.28. The van der Waals surface area contributed by atoms with E-state index in [-0.39, 0.29) is 13.1 Å². The van der Waals surface area contributed by atoms with E-state index < -0.39 is 14.0 Å². The Bertz CT molecular complexity index is 212. The van der Waals surface area contributed by atoms with Crippen LogP contribution >= 0.6 is 41.1 Å². The first-order chi connectivity index (χ1) is 5.73. The third-order valence-electron chi connectivity index (χ3n) is 1.30. The molecule has 0 unspecified atom stereocenters. The lowest BCUT2D eigenvalue weighted by atomic mass is 10.7. The van der Waals surface area contributed by atoms with Gasteiger partial charge < -0.3 is 0 Å². The van der Waals surface area contributed by atoms with E-state index in [0.29, 0.717) is 0 Å². The summed E-state index contributed by atoms with van der Waals surface area (Å²) in [6, 6.07) is 0. The minimum Gasteiger partial charge on any atom is -0.223 e. The molecular formula is C4H10Cl3F2N2PSi. The van der Waals surface area contributed by atoms with Gasteiger partial charge in [0.2, 0.25) is 0 Å². The van der Waals surface area contributed by atoms with Crippen LogP contribution in [0.2, 0.25) is 0 Å². The molecular weight excluding hydrogens is 279 g/mol. The number of nitrogens with zero attached hydrogens (tertiary/aromatic N) is 2. The Morgan fingerprint density at radius 3 is 1.85 bits per heavy atom. The third-order valence-corrected chi connectivity index (χ3v) is 6.46. The van der Waals surface area contributed by atoms with Gasteiger partial charge in [0.15, 0.2) is 0 Å². The molecule has 80 valence electrons. The normalized spacial score (nSPS) is 13.5. The highest BCUT2D eigenvalue weighted by molar-refractivity contribution is 7.69. The Morgan fingerprint density at radius 2 is 1.62 bits per heavy atom. The SMILES string of the molecule is CCN(CC)P(F)(F)=N[Si](Cl)(Cl)Cl. The van der Waals surface area contributed by atoms with Gasteiger partial charge in [-0.05, 0) is 0 Å². The fourth-order valence-corrected chi connectivity index (χ4v) is 5.50. The lowest BCUT2D eigenvalue weighted by molar-refractivity contribution is 0.438. The highest BCUT2D eigenvalue weighted by atomic mass is 35.8. The van der Waals surface area contributed by atoms with Crippen molar-refractivity contribution in [3.05, 3.63) is 0 Å². The molecule has 0 aliphatic heterocycles. The van der Waals surface area contributed by atoms with Crippen molar-refractivity contribution in [2.45, 2.75) is 13.8 Å². The van der Waals surface area contributed by atoms with E-state index in [2.05, 4.69) is 4.41 Å². The molecule has 0 spiro atoms. The molecule has 0 fully saturated rings. The van der Waals surface area contributed by atoms with Crippen LogP contribution < -0.4 is 0 Å². The predicted molar refractivity (Wildman–Crippen MR) is 57.8 cm³/mol. The Balaban J connectivity index is 4.82. The van der Waals surface area contributed by atoms with Gasteiger partial charge in [0.05, 0.1) is 0 Å². The molecule has 0 aliphatic carbocycles. The van der Waals surface area contributed by atoms with Crippen molar-refractivity contribution >= 4 is 47.2 Å². The smallest absolute Gasteiger partial charge is 0.223 e. The number of rotatable bonds is 4. The molecule has 0 radical (unpaired) electrons. The first-order valence-corrected chi connectivity index (χ1v) is 10.0. The van der Waals surface area contributed by atoms with Crippen molar-refractivity contribution in [3.8, 4) is 0 Å². The molecule has 0 saturated heterocycles. The molecule has 13 heavy (non-hydrogen) atoms. The molecule has 9 heteroatoms. The van der Waals surface area contributed by atoms with Crippen molar-refractivity contribution in [1.82, 2.24) is 4.67 Å². The van der Waals surface area contributed by atoms with Crippen molar-refractivity contribution in [2.75, 3.05) is 13.1 Å². The molecule has 0 aromatic heterocycles. The van der Waals surface area contributed by atoms with E-state index in [9.17, 15) is 8.39 Å². The lowest BCUT2D eigenvalue weighted by Crippen LogP contribution is -2.18. The second-order valence-electron chi connectivity index (χ2n) is 2.16. The van der Waals surface area contributed by atoms with Crippen LogP contribution in [0.15, 0.2) is 4.41 Å². The zero-order chi connectivity index (χ0) is 10.7. The molecule has 0 atom stereocenters. The maximum absolute atomic E-state index is 13.2. The van der Waals surface area contributed by atoms with E-state index in [4.69, 9.17) is 33.2 Å². The summed E-state index contributed by atoms with van der Waals surface area (Å²) in [4.78, 5) is 0. The zero-order valence-electron chi connectivity index (χ0n) is 7.15. The summed E-state index contributed by atoms with van der Waals surface area (Å²) in [7, 11) is -4.55. The van der Waals surface area contributed by atoms with E-state index >= 15 is 0 Å². The van der Waals surface area contributed by atoms with Gasteiger partial charge in [0.25, 0.3) is 0 Å². The maximum Gasteiger partial charge on any atom is 0.476 e. The summed E-state index contributed by atoms with van der Waals surface area (Å²) in [6.07, 6.45) is -3.59. The van der Waals surface area contributed by atoms with Crippen LogP contribution in [-0.2, 0) is 0 Å². The monoisotopic (exact) mass is 288 g/mol. The van der Waals surface area contributed by atoms with Gasteiger partial charge in [-0.1, -0.05) is 13.8 Å². The molecule has 0 heterocycles. The van der Waals surface area contributed by atoms with Gasteiger partial charge >= 0.3 is 14.0 Å². The minimum absolute atomic E-state index is 0.204. The molecule has 0 saturated carbocycles. The van der Waals surface area contributed by atoms with Gasteiger partial charge in [-0.3, -0.25) is 0 Å². The zero-order valence-corrected chi connectivity index (χ0v) is 11.3. The van der Waals surface area contributed by atoms with E-state index in [1.807, 2.05) is 0 Å². The predicted octanol–water partition coefficient (Wildman–Crippen LogP) is 4.37. The van der Waals surface area contributed by atoms with Crippen molar-refractivity contribution in [1.29, 1.82) is 0 Å². The standard InChI is InChI=1S/C4H10Cl3F2N2PSi/c1-3-11(4-2)12(8,9)10-13(5,6)7/h3-4H2,1-2H3. The summed E-state index contributed by atoms with van der Waals surface area (Å²) in [5, 5.41) is 0. The Hall–Kier alpha value is 1.14. The molecule has 0 bridgehead atoms. The van der Waals surface area contributed by atoms with Gasteiger partial charge in [-0.25, -0.2) is 9.08 Å². The average molecular weight is 290 g/mol. The van der Waals surface area contributed by atoms with Crippen molar-refractivity contribution in [2.24, 2.45) is 4.41 Å². The number of hydrogen-bond acceptors (Lipinski definition) is 1. The van der Waals surface area contributed by atoms with Gasteiger partial charge in [0.1, 0.15) is 0 Å². The van der Waals surface area contributed by atoms with E-state index in [1.54, 1.807) is 13.8 Å². The topological polar surface area (TPSA) is 15.6 Å².